The minimum Gasteiger partial charge on any atom is -0.381 e. The normalized spacial score (nSPS) is 15.0. The summed E-state index contributed by atoms with van der Waals surface area (Å²) >= 11 is 6.38. The van der Waals surface area contributed by atoms with Gasteiger partial charge in [0.05, 0.1) is 6.54 Å². The van der Waals surface area contributed by atoms with Gasteiger partial charge in [-0.3, -0.25) is 4.79 Å². The molecule has 3 rings (SSSR count). The second-order valence-corrected chi connectivity index (χ2v) is 7.36. The number of aromatic nitrogens is 2. The molecule has 1 aliphatic heterocycles. The van der Waals surface area contributed by atoms with Gasteiger partial charge >= 0.3 is 0 Å². The van der Waals surface area contributed by atoms with Gasteiger partial charge in [0.1, 0.15) is 5.82 Å². The molecule has 6 nitrogen and oxygen atoms in total. The maximum atomic E-state index is 12.8. The molecule has 0 spiro atoms. The number of H-pyrrole nitrogens is 1. The summed E-state index contributed by atoms with van der Waals surface area (Å²) in [6, 6.07) is 4.10. The van der Waals surface area contributed by atoms with Crippen molar-refractivity contribution >= 4 is 23.2 Å². The second-order valence-electron chi connectivity index (χ2n) is 6.92. The number of anilines is 1. The van der Waals surface area contributed by atoms with Crippen LogP contribution in [-0.4, -0.2) is 41.7 Å². The third-order valence-electron chi connectivity index (χ3n) is 5.04. The Morgan fingerprint density at radius 3 is 2.74 bits per heavy atom. The van der Waals surface area contributed by atoms with Crippen molar-refractivity contribution in [3.05, 3.63) is 46.0 Å². The number of nitrogens with one attached hydrogen (secondary N) is 2. The molecular formula is C20H27ClN4O2. The lowest BCUT2D eigenvalue weighted by molar-refractivity contribution is 0.0846. The van der Waals surface area contributed by atoms with E-state index in [0.717, 1.165) is 55.4 Å². The van der Waals surface area contributed by atoms with Crippen molar-refractivity contribution in [1.29, 1.82) is 0 Å². The fourth-order valence-corrected chi connectivity index (χ4v) is 3.85. The Labute approximate surface area is 165 Å². The fourth-order valence-electron chi connectivity index (χ4n) is 3.64. The molecule has 0 radical (unpaired) electrons. The van der Waals surface area contributed by atoms with Crippen LogP contribution in [0.1, 0.15) is 47.2 Å². The zero-order chi connectivity index (χ0) is 19.4. The summed E-state index contributed by atoms with van der Waals surface area (Å²) in [4.78, 5) is 22.5. The maximum absolute atomic E-state index is 12.8. The van der Waals surface area contributed by atoms with Crippen LogP contribution in [0.5, 0.6) is 0 Å². The van der Waals surface area contributed by atoms with E-state index in [-0.39, 0.29) is 5.91 Å². The third-order valence-corrected chi connectivity index (χ3v) is 5.26. The number of hydrogen-bond acceptors (Lipinski definition) is 4. The van der Waals surface area contributed by atoms with Crippen LogP contribution in [0.15, 0.2) is 18.3 Å². The number of rotatable bonds is 6. The van der Waals surface area contributed by atoms with E-state index in [4.69, 9.17) is 16.3 Å². The Balaban J connectivity index is 1.82. The first kappa shape index (κ1) is 19.7. The number of amides is 1. The van der Waals surface area contributed by atoms with Gasteiger partial charge < -0.3 is 19.9 Å². The molecule has 27 heavy (non-hydrogen) atoms. The molecule has 2 aromatic rings. The number of halogens is 1. The first-order chi connectivity index (χ1) is 13.0. The van der Waals surface area contributed by atoms with Crippen molar-refractivity contribution in [3.63, 3.8) is 0 Å². The van der Waals surface area contributed by atoms with Crippen LogP contribution in [0.4, 0.5) is 5.69 Å². The lowest BCUT2D eigenvalue weighted by Crippen LogP contribution is -2.40. The topological polar surface area (TPSA) is 70.2 Å². The van der Waals surface area contributed by atoms with E-state index in [2.05, 4.69) is 27.1 Å². The molecule has 1 fully saturated rings. The van der Waals surface area contributed by atoms with E-state index in [1.165, 1.54) is 0 Å². The average molecular weight is 391 g/mol. The van der Waals surface area contributed by atoms with Crippen molar-refractivity contribution < 1.29 is 9.53 Å². The molecule has 2 N–H and O–H groups in total. The standard InChI is InChI=1S/C20H27ClN4O2/c1-4-25(16-5-7-27-8-6-16)18-10-15(21)9-17(14(18)3)20(26)23-12-19-22-11-13(2)24-19/h9-11,16H,4-8,12H2,1-3H3,(H,22,24)(H,23,26). The number of ether oxygens (including phenoxy) is 1. The summed E-state index contributed by atoms with van der Waals surface area (Å²) < 4.78 is 5.50. The van der Waals surface area contributed by atoms with E-state index in [0.29, 0.717) is 23.2 Å². The molecule has 7 heteroatoms. The van der Waals surface area contributed by atoms with E-state index >= 15 is 0 Å². The van der Waals surface area contributed by atoms with Crippen molar-refractivity contribution in [3.8, 4) is 0 Å². The van der Waals surface area contributed by atoms with Gasteiger partial charge in [0, 0.05) is 54.0 Å². The molecule has 0 unspecified atom stereocenters. The summed E-state index contributed by atoms with van der Waals surface area (Å²) in [5, 5.41) is 3.50. The molecule has 1 aliphatic rings. The Bertz CT molecular complexity index is 799. The second kappa shape index (κ2) is 8.76. The van der Waals surface area contributed by atoms with Crippen LogP contribution in [0.2, 0.25) is 5.02 Å². The Hall–Kier alpha value is -2.05. The number of aromatic amines is 1. The van der Waals surface area contributed by atoms with Gasteiger partial charge in [-0.1, -0.05) is 11.6 Å². The number of imidazole rings is 1. The van der Waals surface area contributed by atoms with Crippen molar-refractivity contribution in [2.24, 2.45) is 0 Å². The van der Waals surface area contributed by atoms with E-state index < -0.39 is 0 Å². The lowest BCUT2D eigenvalue weighted by atomic mass is 10.0. The molecule has 0 aliphatic carbocycles. The summed E-state index contributed by atoms with van der Waals surface area (Å²) in [6.07, 6.45) is 3.72. The average Bonchev–Trinajstić information content (AvgIpc) is 3.09. The first-order valence-electron chi connectivity index (χ1n) is 9.42. The predicted octanol–water partition coefficient (Wildman–Crippen LogP) is 3.62. The molecule has 1 saturated heterocycles. The van der Waals surface area contributed by atoms with Crippen LogP contribution in [0.25, 0.3) is 0 Å². The molecule has 146 valence electrons. The number of carbonyl (C=O) groups is 1. The molecule has 1 amide bonds. The van der Waals surface area contributed by atoms with E-state index in [1.807, 2.05) is 19.9 Å². The molecule has 0 bridgehead atoms. The Morgan fingerprint density at radius 2 is 2.11 bits per heavy atom. The molecule has 1 aromatic carbocycles. The molecule has 0 saturated carbocycles. The summed E-state index contributed by atoms with van der Waals surface area (Å²) in [6.45, 7) is 8.81. The number of carbonyl (C=O) groups excluding carboxylic acids is 1. The van der Waals surface area contributed by atoms with Crippen molar-refractivity contribution in [1.82, 2.24) is 15.3 Å². The van der Waals surface area contributed by atoms with Gasteiger partial charge in [-0.15, -0.1) is 0 Å². The van der Waals surface area contributed by atoms with Gasteiger partial charge in [-0.2, -0.15) is 0 Å². The highest BCUT2D eigenvalue weighted by molar-refractivity contribution is 6.31. The first-order valence-corrected chi connectivity index (χ1v) is 9.80. The van der Waals surface area contributed by atoms with Crippen molar-refractivity contribution in [2.75, 3.05) is 24.7 Å². The smallest absolute Gasteiger partial charge is 0.252 e. The number of benzene rings is 1. The number of hydrogen-bond donors (Lipinski definition) is 2. The van der Waals surface area contributed by atoms with Gasteiger partial charge in [0.15, 0.2) is 0 Å². The highest BCUT2D eigenvalue weighted by Gasteiger charge is 2.24. The van der Waals surface area contributed by atoms with Crippen LogP contribution in [0, 0.1) is 13.8 Å². The number of nitrogens with zero attached hydrogens (tertiary/aromatic N) is 2. The Kier molecular flexibility index (Phi) is 6.39. The molecule has 1 aromatic heterocycles. The molecule has 2 heterocycles. The van der Waals surface area contributed by atoms with E-state index in [9.17, 15) is 4.79 Å². The van der Waals surface area contributed by atoms with Gasteiger partial charge in [0.2, 0.25) is 0 Å². The highest BCUT2D eigenvalue weighted by atomic mass is 35.5. The predicted molar refractivity (Wildman–Crippen MR) is 108 cm³/mol. The zero-order valence-electron chi connectivity index (χ0n) is 16.1. The van der Waals surface area contributed by atoms with Gasteiger partial charge in [-0.25, -0.2) is 4.98 Å². The minimum absolute atomic E-state index is 0.145. The highest BCUT2D eigenvalue weighted by Crippen LogP contribution is 2.31. The van der Waals surface area contributed by atoms with Crippen LogP contribution in [0.3, 0.4) is 0 Å². The Morgan fingerprint density at radius 1 is 1.37 bits per heavy atom. The van der Waals surface area contributed by atoms with Crippen LogP contribution < -0.4 is 10.2 Å². The summed E-state index contributed by atoms with van der Waals surface area (Å²) in [5.74, 6) is 0.589. The summed E-state index contributed by atoms with van der Waals surface area (Å²) in [5.41, 5.74) is 3.54. The maximum Gasteiger partial charge on any atom is 0.252 e. The van der Waals surface area contributed by atoms with Gasteiger partial charge in [0.25, 0.3) is 5.91 Å². The monoisotopic (exact) mass is 390 g/mol. The SMILES string of the molecule is CCN(c1cc(Cl)cc(C(=O)NCc2ncc(C)[nH]2)c1C)C1CCOCC1. The van der Waals surface area contributed by atoms with Gasteiger partial charge in [-0.05, 0) is 51.3 Å². The van der Waals surface area contributed by atoms with Crippen molar-refractivity contribution in [2.45, 2.75) is 46.2 Å². The minimum atomic E-state index is -0.145. The molecular weight excluding hydrogens is 364 g/mol. The quantitative estimate of drug-likeness (QED) is 0.790. The fraction of sp³-hybridized carbons (Fsp3) is 0.500. The van der Waals surface area contributed by atoms with Crippen LogP contribution >= 0.6 is 11.6 Å². The third kappa shape index (κ3) is 4.62. The van der Waals surface area contributed by atoms with E-state index in [1.54, 1.807) is 12.3 Å². The lowest BCUT2D eigenvalue weighted by Gasteiger charge is -2.36. The summed E-state index contributed by atoms with van der Waals surface area (Å²) in [7, 11) is 0. The number of aryl methyl sites for hydroxylation is 1. The largest absolute Gasteiger partial charge is 0.381 e. The van der Waals surface area contributed by atoms with Crippen LogP contribution in [-0.2, 0) is 11.3 Å². The molecule has 0 atom stereocenters. The zero-order valence-corrected chi connectivity index (χ0v) is 16.9.